The summed E-state index contributed by atoms with van der Waals surface area (Å²) in [5, 5.41) is 15.0. The van der Waals surface area contributed by atoms with E-state index in [2.05, 4.69) is 22.2 Å². The first kappa shape index (κ1) is 17.2. The van der Waals surface area contributed by atoms with E-state index in [0.717, 1.165) is 12.8 Å². The summed E-state index contributed by atoms with van der Waals surface area (Å²) in [6, 6.07) is 7.05. The Balaban J connectivity index is 1.99. The second-order valence-corrected chi connectivity index (χ2v) is 6.63. The number of aromatic nitrogens is 2. The van der Waals surface area contributed by atoms with Crippen molar-refractivity contribution in [2.45, 2.75) is 19.8 Å². The van der Waals surface area contributed by atoms with E-state index in [1.807, 2.05) is 4.90 Å². The van der Waals surface area contributed by atoms with Crippen LogP contribution in [0.25, 0.3) is 0 Å². The molecule has 0 saturated carbocycles. The van der Waals surface area contributed by atoms with Gasteiger partial charge in [0.2, 0.25) is 17.6 Å². The predicted octanol–water partition coefficient (Wildman–Crippen LogP) is 3.60. The zero-order chi connectivity index (χ0) is 18.0. The Morgan fingerprint density at radius 1 is 1.44 bits per heavy atom. The van der Waals surface area contributed by atoms with Crippen molar-refractivity contribution < 1.29 is 4.92 Å². The number of nitrogen functional groups attached to an aromatic ring is 1. The molecule has 0 bridgehead atoms. The molecule has 1 fully saturated rings. The Labute approximate surface area is 150 Å². The quantitative estimate of drug-likeness (QED) is 0.631. The van der Waals surface area contributed by atoms with Gasteiger partial charge in [-0.15, -0.1) is 0 Å². The van der Waals surface area contributed by atoms with Gasteiger partial charge in [-0.2, -0.15) is 9.97 Å². The summed E-state index contributed by atoms with van der Waals surface area (Å²) in [5.74, 6) is 0.749. The number of hydrogen-bond acceptors (Lipinski definition) is 7. The molecule has 0 amide bonds. The summed E-state index contributed by atoms with van der Waals surface area (Å²) in [5.41, 5.74) is 6.30. The maximum Gasteiger partial charge on any atom is 0.353 e. The molecule has 132 valence electrons. The molecule has 2 heterocycles. The van der Waals surface area contributed by atoms with Crippen LogP contribution >= 0.6 is 11.6 Å². The van der Waals surface area contributed by atoms with Crippen LogP contribution in [0.2, 0.25) is 5.02 Å². The number of nitrogens with zero attached hydrogens (tertiary/aromatic N) is 4. The minimum Gasteiger partial charge on any atom is -0.378 e. The van der Waals surface area contributed by atoms with Crippen molar-refractivity contribution in [1.82, 2.24) is 9.97 Å². The highest BCUT2D eigenvalue weighted by molar-refractivity contribution is 6.30. The number of nitrogens with one attached hydrogen (secondary N) is 1. The first-order chi connectivity index (χ1) is 11.9. The van der Waals surface area contributed by atoms with Crippen LogP contribution in [0.15, 0.2) is 24.3 Å². The van der Waals surface area contributed by atoms with Crippen LogP contribution in [0.3, 0.4) is 0 Å². The van der Waals surface area contributed by atoms with Crippen molar-refractivity contribution in [3.63, 3.8) is 0 Å². The normalized spacial score (nSPS) is 17.4. The molecule has 3 N–H and O–H groups in total. The van der Waals surface area contributed by atoms with E-state index in [0.29, 0.717) is 29.7 Å². The molecule has 1 saturated heterocycles. The molecular weight excluding hydrogens is 344 g/mol. The molecule has 9 heteroatoms. The van der Waals surface area contributed by atoms with E-state index in [-0.39, 0.29) is 23.3 Å². The Kier molecular flexibility index (Phi) is 4.89. The van der Waals surface area contributed by atoms with Gasteiger partial charge in [0.05, 0.1) is 4.92 Å². The van der Waals surface area contributed by atoms with Crippen molar-refractivity contribution in [3.8, 4) is 0 Å². The van der Waals surface area contributed by atoms with E-state index >= 15 is 0 Å². The minimum atomic E-state index is -0.521. The van der Waals surface area contributed by atoms with Crippen LogP contribution in [-0.4, -0.2) is 28.0 Å². The predicted molar refractivity (Wildman–Crippen MR) is 98.4 cm³/mol. The molecule has 25 heavy (non-hydrogen) atoms. The lowest BCUT2D eigenvalue weighted by Gasteiger charge is -2.31. The Morgan fingerprint density at radius 2 is 2.24 bits per heavy atom. The summed E-state index contributed by atoms with van der Waals surface area (Å²) in [6.07, 6.45) is 2.05. The number of piperidine rings is 1. The molecule has 0 aliphatic carbocycles. The average molecular weight is 363 g/mol. The number of benzene rings is 1. The zero-order valence-electron chi connectivity index (χ0n) is 13.8. The largest absolute Gasteiger partial charge is 0.378 e. The minimum absolute atomic E-state index is 0.155. The second kappa shape index (κ2) is 7.10. The monoisotopic (exact) mass is 362 g/mol. The molecule has 1 aliphatic heterocycles. The molecule has 8 nitrogen and oxygen atoms in total. The first-order valence-electron chi connectivity index (χ1n) is 8.03. The number of hydrogen-bond donors (Lipinski definition) is 2. The summed E-state index contributed by atoms with van der Waals surface area (Å²) in [6.45, 7) is 3.53. The topological polar surface area (TPSA) is 110 Å². The van der Waals surface area contributed by atoms with Crippen LogP contribution in [0.5, 0.6) is 0 Å². The van der Waals surface area contributed by atoms with Gasteiger partial charge in [-0.3, -0.25) is 10.1 Å². The average Bonchev–Trinajstić information content (AvgIpc) is 2.54. The van der Waals surface area contributed by atoms with Crippen LogP contribution in [0.1, 0.15) is 19.8 Å². The van der Waals surface area contributed by atoms with Gasteiger partial charge in [-0.1, -0.05) is 24.6 Å². The van der Waals surface area contributed by atoms with Crippen molar-refractivity contribution >= 4 is 40.6 Å². The number of nitrogens with two attached hydrogens (primary N) is 1. The van der Waals surface area contributed by atoms with Gasteiger partial charge >= 0.3 is 5.69 Å². The number of nitro groups is 1. The van der Waals surface area contributed by atoms with Gasteiger partial charge in [0.25, 0.3) is 0 Å². The fourth-order valence-electron chi connectivity index (χ4n) is 2.99. The van der Waals surface area contributed by atoms with Gasteiger partial charge < -0.3 is 16.0 Å². The SMILES string of the molecule is CC1CCCN(c2nc(Nc3cccc(Cl)c3)nc(N)c2[N+](=O)[O-])C1. The van der Waals surface area contributed by atoms with Crippen molar-refractivity contribution in [2.24, 2.45) is 5.92 Å². The molecule has 3 rings (SSSR count). The second-order valence-electron chi connectivity index (χ2n) is 6.19. The highest BCUT2D eigenvalue weighted by Crippen LogP contribution is 2.35. The van der Waals surface area contributed by atoms with Gasteiger partial charge in [0.1, 0.15) is 0 Å². The summed E-state index contributed by atoms with van der Waals surface area (Å²) >= 11 is 5.98. The van der Waals surface area contributed by atoms with Gasteiger partial charge in [-0.05, 0) is 37.0 Å². The highest BCUT2D eigenvalue weighted by atomic mass is 35.5. The third-order valence-corrected chi connectivity index (χ3v) is 4.35. The summed E-state index contributed by atoms with van der Waals surface area (Å²) in [4.78, 5) is 21.3. The van der Waals surface area contributed by atoms with Crippen molar-refractivity contribution in [2.75, 3.05) is 29.0 Å². The Morgan fingerprint density at radius 3 is 2.92 bits per heavy atom. The lowest BCUT2D eigenvalue weighted by molar-refractivity contribution is -0.383. The van der Waals surface area contributed by atoms with E-state index in [1.54, 1.807) is 24.3 Å². The number of rotatable bonds is 4. The molecule has 1 aromatic heterocycles. The third kappa shape index (κ3) is 3.90. The Bertz CT molecular complexity index is 800. The fourth-order valence-corrected chi connectivity index (χ4v) is 3.18. The van der Waals surface area contributed by atoms with E-state index in [1.165, 1.54) is 0 Å². The fraction of sp³-hybridized carbons (Fsp3) is 0.375. The van der Waals surface area contributed by atoms with E-state index in [9.17, 15) is 10.1 Å². The van der Waals surface area contributed by atoms with Crippen LogP contribution < -0.4 is 16.0 Å². The maximum absolute atomic E-state index is 11.5. The molecule has 2 aromatic rings. The van der Waals surface area contributed by atoms with E-state index < -0.39 is 4.92 Å². The molecule has 0 spiro atoms. The zero-order valence-corrected chi connectivity index (χ0v) is 14.5. The highest BCUT2D eigenvalue weighted by Gasteiger charge is 2.29. The van der Waals surface area contributed by atoms with Crippen LogP contribution in [0, 0.1) is 16.0 Å². The first-order valence-corrected chi connectivity index (χ1v) is 8.41. The lowest BCUT2D eigenvalue weighted by atomic mass is 10.0. The van der Waals surface area contributed by atoms with Crippen molar-refractivity contribution in [3.05, 3.63) is 39.4 Å². The van der Waals surface area contributed by atoms with Crippen LogP contribution in [-0.2, 0) is 0 Å². The molecule has 0 radical (unpaired) electrons. The van der Waals surface area contributed by atoms with E-state index in [4.69, 9.17) is 17.3 Å². The van der Waals surface area contributed by atoms with Gasteiger partial charge in [0.15, 0.2) is 0 Å². The molecule has 1 aromatic carbocycles. The lowest BCUT2D eigenvalue weighted by Crippen LogP contribution is -2.35. The molecule has 1 atom stereocenters. The van der Waals surface area contributed by atoms with Gasteiger partial charge in [-0.25, -0.2) is 0 Å². The number of halogens is 1. The number of anilines is 4. The standard InChI is InChI=1S/C16H19ClN6O2/c1-10-4-3-7-22(9-10)15-13(23(24)25)14(18)20-16(21-15)19-12-6-2-5-11(17)8-12/h2,5-6,8,10H,3-4,7,9H2,1H3,(H3,18,19,20,21). The van der Waals surface area contributed by atoms with Gasteiger partial charge in [0, 0.05) is 23.8 Å². The molecule has 1 unspecified atom stereocenters. The summed E-state index contributed by atoms with van der Waals surface area (Å²) in [7, 11) is 0. The molecule has 1 aliphatic rings. The third-order valence-electron chi connectivity index (χ3n) is 4.11. The van der Waals surface area contributed by atoms with Crippen LogP contribution in [0.4, 0.5) is 29.0 Å². The maximum atomic E-state index is 11.5. The summed E-state index contributed by atoms with van der Waals surface area (Å²) < 4.78 is 0. The Hall–Kier alpha value is -2.61. The van der Waals surface area contributed by atoms with Crippen molar-refractivity contribution in [1.29, 1.82) is 0 Å². The molecular formula is C16H19ClN6O2. The smallest absolute Gasteiger partial charge is 0.353 e.